The van der Waals surface area contributed by atoms with Crippen LogP contribution in [0.3, 0.4) is 0 Å². The first-order valence-corrected chi connectivity index (χ1v) is 6.32. The van der Waals surface area contributed by atoms with Gasteiger partial charge in [-0.25, -0.2) is 0 Å². The fourth-order valence-electron chi connectivity index (χ4n) is 1.76. The van der Waals surface area contributed by atoms with Gasteiger partial charge in [0.15, 0.2) is 0 Å². The average Bonchev–Trinajstić information content (AvgIpc) is 2.31. The number of alkyl halides is 2. The number of hydrogen-bond donors (Lipinski definition) is 1. The average molecular weight is 308 g/mol. The largest absolute Gasteiger partial charge is 0.481 e. The molecular formula is C13H16ClF2NO3. The second kappa shape index (κ2) is 7.40. The number of halogens is 3. The molecule has 0 heterocycles. The van der Waals surface area contributed by atoms with Crippen molar-refractivity contribution in [1.29, 1.82) is 0 Å². The van der Waals surface area contributed by atoms with Crippen LogP contribution in [0.4, 0.5) is 8.78 Å². The summed E-state index contributed by atoms with van der Waals surface area (Å²) < 4.78 is 28.4. The number of carbonyl (C=O) groups is 1. The first-order chi connectivity index (χ1) is 9.29. The molecule has 0 amide bonds. The molecule has 0 aliphatic heterocycles. The summed E-state index contributed by atoms with van der Waals surface area (Å²) >= 11 is 5.84. The summed E-state index contributed by atoms with van der Waals surface area (Å²) in [4.78, 5) is 12.6. The Morgan fingerprint density at radius 2 is 2.15 bits per heavy atom. The van der Waals surface area contributed by atoms with Crippen LogP contribution in [-0.4, -0.2) is 36.2 Å². The normalized spacial score (nSPS) is 12.8. The maximum atomic E-state index is 12.1. The number of rotatable bonds is 7. The highest BCUT2D eigenvalue weighted by Crippen LogP contribution is 2.27. The topological polar surface area (TPSA) is 49.8 Å². The van der Waals surface area contributed by atoms with Crippen molar-refractivity contribution in [2.45, 2.75) is 20.1 Å². The molecule has 1 aromatic carbocycles. The van der Waals surface area contributed by atoms with E-state index in [9.17, 15) is 13.6 Å². The van der Waals surface area contributed by atoms with Crippen LogP contribution in [-0.2, 0) is 11.3 Å². The van der Waals surface area contributed by atoms with Crippen molar-refractivity contribution in [3.63, 3.8) is 0 Å². The molecular weight excluding hydrogens is 292 g/mol. The first kappa shape index (κ1) is 16.7. The Kier molecular flexibility index (Phi) is 6.16. The van der Waals surface area contributed by atoms with E-state index in [1.165, 1.54) is 12.1 Å². The van der Waals surface area contributed by atoms with E-state index >= 15 is 0 Å². The molecule has 0 saturated carbocycles. The van der Waals surface area contributed by atoms with Crippen molar-refractivity contribution < 1.29 is 23.4 Å². The highest BCUT2D eigenvalue weighted by Gasteiger charge is 2.14. The van der Waals surface area contributed by atoms with Gasteiger partial charge in [0.05, 0.1) is 10.9 Å². The molecule has 0 saturated heterocycles. The number of carboxylic acids is 1. The molecule has 112 valence electrons. The predicted octanol–water partition coefficient (Wildman–Crippen LogP) is 3.09. The zero-order valence-corrected chi connectivity index (χ0v) is 11.9. The van der Waals surface area contributed by atoms with Crippen LogP contribution < -0.4 is 4.74 Å². The molecule has 1 unspecified atom stereocenters. The lowest BCUT2D eigenvalue weighted by Gasteiger charge is -2.19. The van der Waals surface area contributed by atoms with Crippen LogP contribution in [0.1, 0.15) is 12.5 Å². The molecule has 1 aromatic rings. The molecule has 20 heavy (non-hydrogen) atoms. The highest BCUT2D eigenvalue weighted by atomic mass is 35.5. The van der Waals surface area contributed by atoms with Gasteiger partial charge in [-0.1, -0.05) is 24.6 Å². The maximum Gasteiger partial charge on any atom is 0.387 e. The number of hydrogen-bond acceptors (Lipinski definition) is 3. The Bertz CT molecular complexity index is 471. The fraction of sp³-hybridized carbons (Fsp3) is 0.462. The molecule has 0 aliphatic rings. The summed E-state index contributed by atoms with van der Waals surface area (Å²) in [6.07, 6.45) is 0. The monoisotopic (exact) mass is 307 g/mol. The van der Waals surface area contributed by atoms with E-state index < -0.39 is 18.5 Å². The van der Waals surface area contributed by atoms with E-state index in [1.54, 1.807) is 20.0 Å². The van der Waals surface area contributed by atoms with Crippen molar-refractivity contribution in [2.75, 3.05) is 13.6 Å². The number of aliphatic carboxylic acids is 1. The molecule has 0 aliphatic carbocycles. The van der Waals surface area contributed by atoms with Gasteiger partial charge in [-0.15, -0.1) is 0 Å². The minimum absolute atomic E-state index is 0.0769. The van der Waals surface area contributed by atoms with Gasteiger partial charge in [0.2, 0.25) is 0 Å². The molecule has 0 radical (unpaired) electrons. The highest BCUT2D eigenvalue weighted by molar-refractivity contribution is 6.32. The smallest absolute Gasteiger partial charge is 0.387 e. The van der Waals surface area contributed by atoms with Gasteiger partial charge in [0.25, 0.3) is 0 Å². The molecule has 7 heteroatoms. The Labute approximate surface area is 120 Å². The van der Waals surface area contributed by atoms with E-state index in [0.717, 1.165) is 5.56 Å². The van der Waals surface area contributed by atoms with Crippen molar-refractivity contribution in [1.82, 2.24) is 4.90 Å². The van der Waals surface area contributed by atoms with Gasteiger partial charge in [-0.3, -0.25) is 4.79 Å². The zero-order chi connectivity index (χ0) is 15.3. The minimum atomic E-state index is -2.92. The standard InChI is InChI=1S/C13H16ClF2NO3/c1-8(12(18)19)6-17(2)7-9-3-4-11(10(14)5-9)20-13(15)16/h3-5,8,13H,6-7H2,1-2H3,(H,18,19). The third kappa shape index (κ3) is 5.30. The number of carboxylic acid groups (broad SMARTS) is 1. The van der Waals surface area contributed by atoms with Gasteiger partial charge < -0.3 is 14.7 Å². The van der Waals surface area contributed by atoms with Gasteiger partial charge in [0.1, 0.15) is 5.75 Å². The Morgan fingerprint density at radius 1 is 1.50 bits per heavy atom. The van der Waals surface area contributed by atoms with Gasteiger partial charge >= 0.3 is 12.6 Å². The lowest BCUT2D eigenvalue weighted by molar-refractivity contribution is -0.141. The minimum Gasteiger partial charge on any atom is -0.481 e. The molecule has 0 spiro atoms. The molecule has 0 fully saturated rings. The fourth-order valence-corrected chi connectivity index (χ4v) is 2.00. The first-order valence-electron chi connectivity index (χ1n) is 5.94. The zero-order valence-electron chi connectivity index (χ0n) is 11.1. The van der Waals surface area contributed by atoms with Crippen molar-refractivity contribution >= 4 is 17.6 Å². The molecule has 1 atom stereocenters. The molecule has 1 rings (SSSR count). The summed E-state index contributed by atoms with van der Waals surface area (Å²) in [6.45, 7) is -0.461. The van der Waals surface area contributed by atoms with Gasteiger partial charge in [-0.05, 0) is 24.7 Å². The third-order valence-corrected chi connectivity index (χ3v) is 2.97. The molecule has 1 N–H and O–H groups in total. The van der Waals surface area contributed by atoms with Crippen LogP contribution in [0.2, 0.25) is 5.02 Å². The van der Waals surface area contributed by atoms with Crippen LogP contribution in [0.25, 0.3) is 0 Å². The van der Waals surface area contributed by atoms with E-state index in [-0.39, 0.29) is 10.8 Å². The molecule has 0 aromatic heterocycles. The molecule has 0 bridgehead atoms. The Morgan fingerprint density at radius 3 is 2.65 bits per heavy atom. The van der Waals surface area contributed by atoms with Crippen LogP contribution in [0, 0.1) is 5.92 Å². The second-order valence-corrected chi connectivity index (χ2v) is 4.99. The Balaban J connectivity index is 2.64. The van der Waals surface area contributed by atoms with Crippen molar-refractivity contribution in [3.05, 3.63) is 28.8 Å². The lowest BCUT2D eigenvalue weighted by atomic mass is 10.1. The molecule has 4 nitrogen and oxygen atoms in total. The van der Waals surface area contributed by atoms with E-state index in [0.29, 0.717) is 13.1 Å². The van der Waals surface area contributed by atoms with Crippen LogP contribution in [0.15, 0.2) is 18.2 Å². The van der Waals surface area contributed by atoms with Gasteiger partial charge in [-0.2, -0.15) is 8.78 Å². The summed E-state index contributed by atoms with van der Waals surface area (Å²) in [5.41, 5.74) is 0.789. The third-order valence-electron chi connectivity index (χ3n) is 2.67. The summed E-state index contributed by atoms with van der Waals surface area (Å²) in [5, 5.41) is 8.93. The lowest BCUT2D eigenvalue weighted by Crippen LogP contribution is -2.28. The quantitative estimate of drug-likeness (QED) is 0.841. The maximum absolute atomic E-state index is 12.1. The van der Waals surface area contributed by atoms with Crippen LogP contribution >= 0.6 is 11.6 Å². The van der Waals surface area contributed by atoms with Crippen LogP contribution in [0.5, 0.6) is 5.75 Å². The van der Waals surface area contributed by atoms with E-state index in [2.05, 4.69) is 4.74 Å². The van der Waals surface area contributed by atoms with Crippen molar-refractivity contribution in [3.8, 4) is 5.75 Å². The number of benzene rings is 1. The summed E-state index contributed by atoms with van der Waals surface area (Å²) in [5.74, 6) is -1.43. The Hall–Kier alpha value is -1.40. The van der Waals surface area contributed by atoms with Crippen molar-refractivity contribution in [2.24, 2.45) is 5.92 Å². The second-order valence-electron chi connectivity index (χ2n) is 4.58. The summed E-state index contributed by atoms with van der Waals surface area (Å²) in [6, 6.07) is 4.52. The van der Waals surface area contributed by atoms with E-state index in [4.69, 9.17) is 16.7 Å². The summed E-state index contributed by atoms with van der Waals surface area (Å²) in [7, 11) is 1.77. The number of ether oxygens (including phenoxy) is 1. The van der Waals surface area contributed by atoms with E-state index in [1.807, 2.05) is 4.90 Å². The SMILES string of the molecule is CC(CN(C)Cc1ccc(OC(F)F)c(Cl)c1)C(=O)O. The number of nitrogens with zero attached hydrogens (tertiary/aromatic N) is 1. The predicted molar refractivity (Wildman–Crippen MR) is 71.2 cm³/mol. The van der Waals surface area contributed by atoms with Gasteiger partial charge in [0, 0.05) is 13.1 Å².